The SMILES string of the molecule is Cc1[nH]c(C(=O)NC2CCN(c3cc(C(=O)O)nc(SC(C)C)n3)CC2)c(Cl)c1Cl. The smallest absolute Gasteiger partial charge is 0.354 e. The molecule has 0 unspecified atom stereocenters. The van der Waals surface area contributed by atoms with Crippen molar-refractivity contribution in [1.82, 2.24) is 20.3 Å². The molecule has 1 fully saturated rings. The van der Waals surface area contributed by atoms with E-state index in [2.05, 4.69) is 20.3 Å². The molecule has 3 rings (SSSR count). The third-order valence-electron chi connectivity index (χ3n) is 4.69. The Balaban J connectivity index is 1.66. The third kappa shape index (κ3) is 5.19. The molecule has 1 aliphatic rings. The van der Waals surface area contributed by atoms with Gasteiger partial charge in [0.05, 0.1) is 10.0 Å². The first-order valence-corrected chi connectivity index (χ1v) is 11.2. The Bertz CT molecular complexity index is 958. The van der Waals surface area contributed by atoms with Crippen molar-refractivity contribution in [3.63, 3.8) is 0 Å². The number of hydrogen-bond donors (Lipinski definition) is 3. The van der Waals surface area contributed by atoms with Gasteiger partial charge in [-0.1, -0.05) is 48.8 Å². The van der Waals surface area contributed by atoms with E-state index in [4.69, 9.17) is 23.2 Å². The number of nitrogens with one attached hydrogen (secondary N) is 2. The number of aromatic nitrogens is 3. The van der Waals surface area contributed by atoms with Crippen molar-refractivity contribution in [3.8, 4) is 0 Å². The molecule has 0 radical (unpaired) electrons. The Kier molecular flexibility index (Phi) is 7.15. The Labute approximate surface area is 188 Å². The van der Waals surface area contributed by atoms with Crippen LogP contribution in [0.15, 0.2) is 11.2 Å². The molecule has 0 bridgehead atoms. The van der Waals surface area contributed by atoms with Crippen LogP contribution in [0.5, 0.6) is 0 Å². The summed E-state index contributed by atoms with van der Waals surface area (Å²) < 4.78 is 0. The van der Waals surface area contributed by atoms with Gasteiger partial charge in [-0.25, -0.2) is 14.8 Å². The van der Waals surface area contributed by atoms with Gasteiger partial charge in [0.15, 0.2) is 10.9 Å². The maximum absolute atomic E-state index is 12.5. The summed E-state index contributed by atoms with van der Waals surface area (Å²) in [5.74, 6) is -0.785. The number of carbonyl (C=O) groups is 2. The van der Waals surface area contributed by atoms with Gasteiger partial charge in [-0.3, -0.25) is 4.79 Å². The van der Waals surface area contributed by atoms with Crippen LogP contribution in [0.25, 0.3) is 0 Å². The largest absolute Gasteiger partial charge is 0.477 e. The molecule has 0 aromatic carbocycles. The van der Waals surface area contributed by atoms with E-state index in [1.807, 2.05) is 18.7 Å². The highest BCUT2D eigenvalue weighted by Gasteiger charge is 2.25. The van der Waals surface area contributed by atoms with Gasteiger partial charge in [-0.15, -0.1) is 0 Å². The van der Waals surface area contributed by atoms with Gasteiger partial charge in [-0.2, -0.15) is 0 Å². The zero-order valence-corrected chi connectivity index (χ0v) is 19.2. The molecule has 30 heavy (non-hydrogen) atoms. The minimum Gasteiger partial charge on any atom is -0.477 e. The molecule has 1 saturated heterocycles. The molecule has 11 heteroatoms. The number of carboxylic acids is 1. The molecule has 0 atom stereocenters. The number of piperidine rings is 1. The molecule has 0 aliphatic carbocycles. The number of thioether (sulfide) groups is 1. The highest BCUT2D eigenvalue weighted by Crippen LogP contribution is 2.29. The second kappa shape index (κ2) is 9.45. The van der Waals surface area contributed by atoms with Crippen LogP contribution in [-0.2, 0) is 0 Å². The van der Waals surface area contributed by atoms with E-state index in [0.29, 0.717) is 47.6 Å². The lowest BCUT2D eigenvalue weighted by atomic mass is 10.0. The van der Waals surface area contributed by atoms with Crippen molar-refractivity contribution in [2.45, 2.75) is 50.1 Å². The number of aromatic carboxylic acids is 1. The van der Waals surface area contributed by atoms with Gasteiger partial charge in [0.25, 0.3) is 5.91 Å². The van der Waals surface area contributed by atoms with Crippen molar-refractivity contribution in [2.24, 2.45) is 0 Å². The van der Waals surface area contributed by atoms with Crippen molar-refractivity contribution in [3.05, 3.63) is 33.2 Å². The summed E-state index contributed by atoms with van der Waals surface area (Å²) in [6.45, 7) is 7.01. The molecule has 0 spiro atoms. The summed E-state index contributed by atoms with van der Waals surface area (Å²) in [5, 5.41) is 13.6. The summed E-state index contributed by atoms with van der Waals surface area (Å²) in [6, 6.07) is 1.47. The number of hydrogen-bond acceptors (Lipinski definition) is 6. The van der Waals surface area contributed by atoms with Crippen LogP contribution in [0.4, 0.5) is 5.82 Å². The Hall–Kier alpha value is -1.97. The number of amides is 1. The maximum Gasteiger partial charge on any atom is 0.354 e. The van der Waals surface area contributed by atoms with Crippen molar-refractivity contribution < 1.29 is 14.7 Å². The van der Waals surface area contributed by atoms with E-state index in [1.54, 1.807) is 6.92 Å². The molecule has 3 heterocycles. The number of aromatic amines is 1. The van der Waals surface area contributed by atoms with Gasteiger partial charge < -0.3 is 20.3 Å². The van der Waals surface area contributed by atoms with E-state index in [9.17, 15) is 14.7 Å². The number of carbonyl (C=O) groups excluding carboxylic acids is 1. The first-order chi connectivity index (χ1) is 14.2. The lowest BCUT2D eigenvalue weighted by Crippen LogP contribution is -2.45. The quantitative estimate of drug-likeness (QED) is 0.430. The molecule has 2 aromatic rings. The molecule has 3 N–H and O–H groups in total. The minimum absolute atomic E-state index is 0.0211. The minimum atomic E-state index is -1.08. The molecule has 1 amide bonds. The van der Waals surface area contributed by atoms with E-state index in [-0.39, 0.29) is 33.6 Å². The summed E-state index contributed by atoms with van der Waals surface area (Å²) in [6.07, 6.45) is 1.38. The van der Waals surface area contributed by atoms with Gasteiger partial charge in [0.1, 0.15) is 11.5 Å². The van der Waals surface area contributed by atoms with Gasteiger partial charge in [0, 0.05) is 36.1 Å². The number of nitrogens with zero attached hydrogens (tertiary/aromatic N) is 3. The van der Waals surface area contributed by atoms with E-state index in [0.717, 1.165) is 0 Å². The molecule has 8 nitrogen and oxygen atoms in total. The van der Waals surface area contributed by atoms with Crippen LogP contribution < -0.4 is 10.2 Å². The van der Waals surface area contributed by atoms with Crippen molar-refractivity contribution in [1.29, 1.82) is 0 Å². The Morgan fingerprint density at radius 3 is 2.47 bits per heavy atom. The Morgan fingerprint density at radius 2 is 1.93 bits per heavy atom. The van der Waals surface area contributed by atoms with Gasteiger partial charge in [0.2, 0.25) is 0 Å². The highest BCUT2D eigenvalue weighted by atomic mass is 35.5. The summed E-state index contributed by atoms with van der Waals surface area (Å²) in [7, 11) is 0. The number of anilines is 1. The molecule has 162 valence electrons. The average molecular weight is 472 g/mol. The van der Waals surface area contributed by atoms with Crippen molar-refractivity contribution in [2.75, 3.05) is 18.0 Å². The fraction of sp³-hybridized carbons (Fsp3) is 0.474. The predicted molar refractivity (Wildman–Crippen MR) is 118 cm³/mol. The number of carboxylic acid groups (broad SMARTS) is 1. The zero-order chi connectivity index (χ0) is 22.0. The topological polar surface area (TPSA) is 111 Å². The Morgan fingerprint density at radius 1 is 1.27 bits per heavy atom. The predicted octanol–water partition coefficient (Wildman–Crippen LogP) is 4.02. The standard InChI is InChI=1S/C19H23Cl2N5O3S/c1-9(2)30-19-24-12(18(28)29)8-13(25-19)26-6-4-11(5-7-26)23-17(27)16-15(21)14(20)10(3)22-16/h8-9,11,22H,4-7H2,1-3H3,(H,23,27)(H,28,29). The van der Waals surface area contributed by atoms with Gasteiger partial charge >= 0.3 is 5.97 Å². The van der Waals surface area contributed by atoms with Crippen molar-refractivity contribution >= 4 is 52.7 Å². The molecular weight excluding hydrogens is 449 g/mol. The lowest BCUT2D eigenvalue weighted by Gasteiger charge is -2.33. The van der Waals surface area contributed by atoms with E-state index < -0.39 is 5.97 Å². The first kappa shape index (κ1) is 22.7. The molecule has 2 aromatic heterocycles. The fourth-order valence-corrected chi connectivity index (χ4v) is 4.32. The average Bonchev–Trinajstić information content (AvgIpc) is 2.95. The summed E-state index contributed by atoms with van der Waals surface area (Å²) in [4.78, 5) is 37.6. The number of aryl methyl sites for hydroxylation is 1. The second-order valence-electron chi connectivity index (χ2n) is 7.35. The number of rotatable bonds is 6. The number of H-pyrrole nitrogens is 1. The van der Waals surface area contributed by atoms with E-state index in [1.165, 1.54) is 17.8 Å². The van der Waals surface area contributed by atoms with Crippen LogP contribution >= 0.6 is 35.0 Å². The highest BCUT2D eigenvalue weighted by molar-refractivity contribution is 7.99. The first-order valence-electron chi connectivity index (χ1n) is 9.54. The molecule has 0 saturated carbocycles. The monoisotopic (exact) mass is 471 g/mol. The van der Waals surface area contributed by atoms with Gasteiger partial charge in [-0.05, 0) is 19.8 Å². The molecular formula is C19H23Cl2N5O3S. The normalized spacial score (nSPS) is 14.9. The summed E-state index contributed by atoms with van der Waals surface area (Å²) in [5.41, 5.74) is 0.890. The lowest BCUT2D eigenvalue weighted by molar-refractivity contribution is 0.0689. The second-order valence-corrected chi connectivity index (χ2v) is 9.65. The van der Waals surface area contributed by atoms with Crippen LogP contribution in [0, 0.1) is 6.92 Å². The fourth-order valence-electron chi connectivity index (χ4n) is 3.19. The maximum atomic E-state index is 12.5. The number of halogens is 2. The van der Waals surface area contributed by atoms with Crippen LogP contribution in [0.3, 0.4) is 0 Å². The van der Waals surface area contributed by atoms with E-state index >= 15 is 0 Å². The van der Waals surface area contributed by atoms with Crippen LogP contribution in [0.2, 0.25) is 10.0 Å². The van der Waals surface area contributed by atoms with Crippen LogP contribution in [-0.4, -0.2) is 56.3 Å². The summed E-state index contributed by atoms with van der Waals surface area (Å²) >= 11 is 13.6. The molecule has 1 aliphatic heterocycles. The zero-order valence-electron chi connectivity index (χ0n) is 16.8. The van der Waals surface area contributed by atoms with Crippen LogP contribution in [0.1, 0.15) is 53.4 Å². The third-order valence-corrected chi connectivity index (χ3v) is 6.50.